The number of nitrogens with one attached hydrogen (secondary N) is 2. The number of carbonyl (C=O) groups is 2. The van der Waals surface area contributed by atoms with Crippen LogP contribution in [-0.4, -0.2) is 48.9 Å². The molecule has 0 aromatic carbocycles. The van der Waals surface area contributed by atoms with Crippen molar-refractivity contribution in [2.24, 2.45) is 5.92 Å². The zero-order chi connectivity index (χ0) is 15.1. The van der Waals surface area contributed by atoms with Crippen molar-refractivity contribution < 1.29 is 9.59 Å². The van der Waals surface area contributed by atoms with Crippen molar-refractivity contribution in [1.29, 1.82) is 0 Å². The third-order valence-corrected chi connectivity index (χ3v) is 4.55. The van der Waals surface area contributed by atoms with E-state index in [1.165, 1.54) is 12.8 Å². The van der Waals surface area contributed by atoms with Crippen molar-refractivity contribution in [2.75, 3.05) is 26.2 Å². The largest absolute Gasteiger partial charge is 0.354 e. The lowest BCUT2D eigenvalue weighted by Gasteiger charge is -2.35. The SMILES string of the molecule is CCCC(=O)N1CCCCC1C(=O)NCC1CCCNC1.Cl. The lowest BCUT2D eigenvalue weighted by atomic mass is 9.98. The van der Waals surface area contributed by atoms with Crippen LogP contribution in [-0.2, 0) is 9.59 Å². The third-order valence-electron chi connectivity index (χ3n) is 4.55. The summed E-state index contributed by atoms with van der Waals surface area (Å²) in [5.74, 6) is 0.715. The van der Waals surface area contributed by atoms with Gasteiger partial charge in [-0.25, -0.2) is 0 Å². The van der Waals surface area contributed by atoms with Crippen LogP contribution >= 0.6 is 12.4 Å². The molecule has 0 saturated carbocycles. The Morgan fingerprint density at radius 1 is 1.23 bits per heavy atom. The molecule has 0 spiro atoms. The number of likely N-dealkylation sites (tertiary alicyclic amines) is 1. The summed E-state index contributed by atoms with van der Waals surface area (Å²) in [4.78, 5) is 26.4. The number of carbonyl (C=O) groups excluding carboxylic acids is 2. The van der Waals surface area contributed by atoms with Crippen LogP contribution < -0.4 is 10.6 Å². The molecule has 2 N–H and O–H groups in total. The van der Waals surface area contributed by atoms with E-state index in [0.29, 0.717) is 12.3 Å². The van der Waals surface area contributed by atoms with E-state index in [1.807, 2.05) is 6.92 Å². The van der Waals surface area contributed by atoms with Gasteiger partial charge >= 0.3 is 0 Å². The summed E-state index contributed by atoms with van der Waals surface area (Å²) in [5.41, 5.74) is 0. The second kappa shape index (κ2) is 10.1. The van der Waals surface area contributed by atoms with E-state index in [9.17, 15) is 9.59 Å². The molecule has 0 aromatic heterocycles. The van der Waals surface area contributed by atoms with Crippen molar-refractivity contribution in [2.45, 2.75) is 57.9 Å². The molecule has 0 radical (unpaired) electrons. The Balaban J connectivity index is 0.00000242. The van der Waals surface area contributed by atoms with Gasteiger partial charge in [0.25, 0.3) is 0 Å². The highest BCUT2D eigenvalue weighted by molar-refractivity contribution is 5.87. The second-order valence-corrected chi connectivity index (χ2v) is 6.31. The van der Waals surface area contributed by atoms with Gasteiger partial charge in [-0.15, -0.1) is 12.4 Å². The molecule has 0 aromatic rings. The predicted octanol–water partition coefficient (Wildman–Crippen LogP) is 1.71. The van der Waals surface area contributed by atoms with Crippen LogP contribution in [0.3, 0.4) is 0 Å². The van der Waals surface area contributed by atoms with Gasteiger partial charge in [0.05, 0.1) is 0 Å². The van der Waals surface area contributed by atoms with Gasteiger partial charge in [-0.2, -0.15) is 0 Å². The number of halogens is 1. The molecular weight excluding hydrogens is 302 g/mol. The van der Waals surface area contributed by atoms with Gasteiger partial charge in [0, 0.05) is 19.5 Å². The standard InChI is InChI=1S/C16H29N3O2.ClH/c1-2-6-15(20)19-10-4-3-8-14(19)16(21)18-12-13-7-5-9-17-11-13;/h13-14,17H,2-12H2,1H3,(H,18,21);1H. The van der Waals surface area contributed by atoms with Crippen LogP contribution in [0.5, 0.6) is 0 Å². The summed E-state index contributed by atoms with van der Waals surface area (Å²) in [6.45, 7) is 5.56. The normalized spacial score (nSPS) is 25.2. The number of hydrogen-bond acceptors (Lipinski definition) is 3. The van der Waals surface area contributed by atoms with Crippen LogP contribution in [0.2, 0.25) is 0 Å². The highest BCUT2D eigenvalue weighted by Gasteiger charge is 2.31. The van der Waals surface area contributed by atoms with Crippen molar-refractivity contribution in [3.8, 4) is 0 Å². The van der Waals surface area contributed by atoms with Crippen LogP contribution in [0.4, 0.5) is 0 Å². The van der Waals surface area contributed by atoms with Crippen LogP contribution in [0.25, 0.3) is 0 Å². The number of piperidine rings is 2. The number of rotatable bonds is 5. The van der Waals surface area contributed by atoms with Crippen molar-refractivity contribution in [1.82, 2.24) is 15.5 Å². The summed E-state index contributed by atoms with van der Waals surface area (Å²) >= 11 is 0. The molecule has 0 aliphatic carbocycles. The smallest absolute Gasteiger partial charge is 0.242 e. The number of hydrogen-bond donors (Lipinski definition) is 2. The zero-order valence-electron chi connectivity index (χ0n) is 13.6. The molecule has 2 aliphatic heterocycles. The Hall–Kier alpha value is -0.810. The second-order valence-electron chi connectivity index (χ2n) is 6.31. The molecule has 2 atom stereocenters. The first kappa shape index (κ1) is 19.2. The van der Waals surface area contributed by atoms with Crippen molar-refractivity contribution in [3.05, 3.63) is 0 Å². The highest BCUT2D eigenvalue weighted by atomic mass is 35.5. The van der Waals surface area contributed by atoms with E-state index in [4.69, 9.17) is 0 Å². The minimum absolute atomic E-state index is 0. The summed E-state index contributed by atoms with van der Waals surface area (Å²) in [7, 11) is 0. The van der Waals surface area contributed by atoms with Crippen molar-refractivity contribution >= 4 is 24.2 Å². The lowest BCUT2D eigenvalue weighted by molar-refractivity contribution is -0.142. The van der Waals surface area contributed by atoms with Crippen LogP contribution in [0, 0.1) is 5.92 Å². The molecule has 2 rings (SSSR count). The van der Waals surface area contributed by atoms with Gasteiger partial charge < -0.3 is 15.5 Å². The molecular formula is C16H30ClN3O2. The summed E-state index contributed by atoms with van der Waals surface area (Å²) < 4.78 is 0. The van der Waals surface area contributed by atoms with Crippen molar-refractivity contribution in [3.63, 3.8) is 0 Å². The average molecular weight is 332 g/mol. The van der Waals surface area contributed by atoms with E-state index in [-0.39, 0.29) is 30.3 Å². The predicted molar refractivity (Wildman–Crippen MR) is 90.1 cm³/mol. The molecule has 2 heterocycles. The van der Waals surface area contributed by atoms with Gasteiger partial charge in [-0.3, -0.25) is 9.59 Å². The molecule has 5 nitrogen and oxygen atoms in total. The molecule has 0 bridgehead atoms. The Kier molecular flexibility index (Phi) is 8.79. The Labute approximate surface area is 140 Å². The quantitative estimate of drug-likeness (QED) is 0.806. The lowest BCUT2D eigenvalue weighted by Crippen LogP contribution is -2.53. The minimum atomic E-state index is -0.241. The van der Waals surface area contributed by atoms with Gasteiger partial charge in [-0.05, 0) is 57.5 Å². The summed E-state index contributed by atoms with van der Waals surface area (Å²) in [6.07, 6.45) is 6.63. The topological polar surface area (TPSA) is 61.4 Å². The van der Waals surface area contributed by atoms with E-state index in [0.717, 1.165) is 51.9 Å². The molecule has 2 unspecified atom stereocenters. The maximum Gasteiger partial charge on any atom is 0.242 e. The van der Waals surface area contributed by atoms with Gasteiger partial charge in [0.1, 0.15) is 6.04 Å². The van der Waals surface area contributed by atoms with Crippen LogP contribution in [0.15, 0.2) is 0 Å². The summed E-state index contributed by atoms with van der Waals surface area (Å²) in [6, 6.07) is -0.241. The monoisotopic (exact) mass is 331 g/mol. The molecule has 2 aliphatic rings. The van der Waals surface area contributed by atoms with Gasteiger partial charge in [0.15, 0.2) is 0 Å². The highest BCUT2D eigenvalue weighted by Crippen LogP contribution is 2.19. The Morgan fingerprint density at radius 2 is 2.05 bits per heavy atom. The maximum atomic E-state index is 12.4. The third kappa shape index (κ3) is 5.43. The first-order valence-electron chi connectivity index (χ1n) is 8.50. The molecule has 2 saturated heterocycles. The van der Waals surface area contributed by atoms with Gasteiger partial charge in [0.2, 0.25) is 11.8 Å². The van der Waals surface area contributed by atoms with Crippen LogP contribution in [0.1, 0.15) is 51.9 Å². The molecule has 2 amide bonds. The maximum absolute atomic E-state index is 12.4. The van der Waals surface area contributed by atoms with E-state index >= 15 is 0 Å². The fourth-order valence-electron chi connectivity index (χ4n) is 3.32. The molecule has 22 heavy (non-hydrogen) atoms. The number of amides is 2. The first-order valence-corrected chi connectivity index (χ1v) is 8.50. The molecule has 6 heteroatoms. The Bertz CT molecular complexity index is 359. The molecule has 2 fully saturated rings. The zero-order valence-corrected chi connectivity index (χ0v) is 14.4. The Morgan fingerprint density at radius 3 is 2.73 bits per heavy atom. The van der Waals surface area contributed by atoms with Gasteiger partial charge in [-0.1, -0.05) is 6.92 Å². The minimum Gasteiger partial charge on any atom is -0.354 e. The summed E-state index contributed by atoms with van der Waals surface area (Å²) in [5, 5.41) is 6.44. The number of nitrogens with zero attached hydrogens (tertiary/aromatic N) is 1. The fourth-order valence-corrected chi connectivity index (χ4v) is 3.32. The molecule has 128 valence electrons. The first-order chi connectivity index (χ1) is 10.2. The van der Waals surface area contributed by atoms with E-state index in [2.05, 4.69) is 10.6 Å². The van der Waals surface area contributed by atoms with E-state index < -0.39 is 0 Å². The van der Waals surface area contributed by atoms with E-state index in [1.54, 1.807) is 4.90 Å². The fraction of sp³-hybridized carbons (Fsp3) is 0.875. The average Bonchev–Trinajstić information content (AvgIpc) is 2.54.